The number of rotatable bonds is 5. The van der Waals surface area contributed by atoms with Gasteiger partial charge in [-0.05, 0) is 43.2 Å². The van der Waals surface area contributed by atoms with Crippen LogP contribution in [0.1, 0.15) is 24.6 Å². The van der Waals surface area contributed by atoms with Gasteiger partial charge in [-0.3, -0.25) is 0 Å². The Labute approximate surface area is 102 Å². The number of ether oxygens (including phenoxy) is 1. The van der Waals surface area contributed by atoms with Gasteiger partial charge in [-0.2, -0.15) is 0 Å². The molecule has 2 heterocycles. The summed E-state index contributed by atoms with van der Waals surface area (Å²) in [5.41, 5.74) is 0. The molecule has 0 saturated carbocycles. The molecule has 16 heavy (non-hydrogen) atoms. The van der Waals surface area contributed by atoms with Crippen molar-refractivity contribution in [2.24, 2.45) is 5.92 Å². The van der Waals surface area contributed by atoms with E-state index in [2.05, 4.69) is 29.8 Å². The summed E-state index contributed by atoms with van der Waals surface area (Å²) in [6, 6.07) is 4.96. The molecule has 2 nitrogen and oxygen atoms in total. The molecule has 1 N–H and O–H groups in total. The minimum Gasteiger partial charge on any atom is -0.381 e. The monoisotopic (exact) mass is 239 g/mol. The average Bonchev–Trinajstić information content (AvgIpc) is 2.83. The number of thiophene rings is 1. The fourth-order valence-corrected chi connectivity index (χ4v) is 3.16. The largest absolute Gasteiger partial charge is 0.381 e. The third-order valence-electron chi connectivity index (χ3n) is 3.23. The third kappa shape index (κ3) is 3.30. The van der Waals surface area contributed by atoms with Crippen LogP contribution in [0, 0.1) is 5.92 Å². The van der Waals surface area contributed by atoms with Gasteiger partial charge in [-0.1, -0.05) is 13.0 Å². The van der Waals surface area contributed by atoms with Crippen molar-refractivity contribution in [3.05, 3.63) is 22.4 Å². The highest BCUT2D eigenvalue weighted by atomic mass is 32.1. The summed E-state index contributed by atoms with van der Waals surface area (Å²) in [5.74, 6) is 0.691. The number of hydrogen-bond donors (Lipinski definition) is 1. The Morgan fingerprint density at radius 3 is 3.19 bits per heavy atom. The van der Waals surface area contributed by atoms with Gasteiger partial charge in [0, 0.05) is 17.5 Å². The lowest BCUT2D eigenvalue weighted by Gasteiger charge is -2.30. The van der Waals surface area contributed by atoms with Crippen LogP contribution >= 0.6 is 11.3 Å². The van der Waals surface area contributed by atoms with Crippen molar-refractivity contribution in [3.63, 3.8) is 0 Å². The maximum absolute atomic E-state index is 5.59. The van der Waals surface area contributed by atoms with Gasteiger partial charge < -0.3 is 10.1 Å². The van der Waals surface area contributed by atoms with Gasteiger partial charge in [0.1, 0.15) is 0 Å². The first-order valence-electron chi connectivity index (χ1n) is 6.23. The zero-order valence-corrected chi connectivity index (χ0v) is 10.8. The van der Waals surface area contributed by atoms with Gasteiger partial charge in [0.05, 0.1) is 6.61 Å². The summed E-state index contributed by atoms with van der Waals surface area (Å²) < 4.78 is 5.59. The quantitative estimate of drug-likeness (QED) is 0.853. The van der Waals surface area contributed by atoms with Crippen LogP contribution in [0.15, 0.2) is 17.5 Å². The van der Waals surface area contributed by atoms with Crippen molar-refractivity contribution in [1.82, 2.24) is 5.32 Å². The molecule has 2 atom stereocenters. The fourth-order valence-electron chi connectivity index (χ4n) is 2.40. The lowest BCUT2D eigenvalue weighted by atomic mass is 9.91. The van der Waals surface area contributed by atoms with Crippen molar-refractivity contribution in [1.29, 1.82) is 0 Å². The van der Waals surface area contributed by atoms with Crippen LogP contribution in [0.2, 0.25) is 0 Å². The fraction of sp³-hybridized carbons (Fsp3) is 0.692. The van der Waals surface area contributed by atoms with Crippen LogP contribution in [0.25, 0.3) is 0 Å². The molecular weight excluding hydrogens is 218 g/mol. The predicted octanol–water partition coefficient (Wildman–Crippen LogP) is 2.70. The zero-order chi connectivity index (χ0) is 11.2. The Kier molecular flexibility index (Phi) is 4.82. The van der Waals surface area contributed by atoms with Crippen LogP contribution in [0.3, 0.4) is 0 Å². The van der Waals surface area contributed by atoms with E-state index >= 15 is 0 Å². The van der Waals surface area contributed by atoms with Crippen LogP contribution in [-0.2, 0) is 11.2 Å². The summed E-state index contributed by atoms with van der Waals surface area (Å²) in [6.45, 7) is 5.12. The molecule has 0 aliphatic carbocycles. The van der Waals surface area contributed by atoms with E-state index in [0.29, 0.717) is 12.0 Å². The number of hydrogen-bond acceptors (Lipinski definition) is 3. The molecule has 90 valence electrons. The van der Waals surface area contributed by atoms with Gasteiger partial charge in [-0.25, -0.2) is 0 Å². The maximum atomic E-state index is 5.59. The topological polar surface area (TPSA) is 21.3 Å². The molecule has 1 fully saturated rings. The van der Waals surface area contributed by atoms with Crippen molar-refractivity contribution in [2.75, 3.05) is 19.8 Å². The standard InChI is InChI=1S/C13H21NOS/c1-2-14-13(9-12-6-4-8-16-12)11-5-3-7-15-10-11/h4,6,8,11,13-14H,2-3,5,7,9-10H2,1H3. The van der Waals surface area contributed by atoms with Crippen molar-refractivity contribution >= 4 is 11.3 Å². The molecule has 0 bridgehead atoms. The first-order valence-corrected chi connectivity index (χ1v) is 7.11. The van der Waals surface area contributed by atoms with Crippen LogP contribution in [-0.4, -0.2) is 25.8 Å². The van der Waals surface area contributed by atoms with E-state index < -0.39 is 0 Å². The second kappa shape index (κ2) is 6.38. The van der Waals surface area contributed by atoms with Crippen LogP contribution < -0.4 is 5.32 Å². The normalized spacial score (nSPS) is 23.2. The Hall–Kier alpha value is -0.380. The van der Waals surface area contributed by atoms with Crippen LogP contribution in [0.4, 0.5) is 0 Å². The lowest BCUT2D eigenvalue weighted by molar-refractivity contribution is 0.0397. The Bertz CT molecular complexity index is 280. The van der Waals surface area contributed by atoms with E-state index in [1.165, 1.54) is 17.7 Å². The molecule has 3 heteroatoms. The summed E-state index contributed by atoms with van der Waals surface area (Å²) in [7, 11) is 0. The molecular formula is C13H21NOS. The van der Waals surface area contributed by atoms with E-state index in [0.717, 1.165) is 26.2 Å². The summed E-state index contributed by atoms with van der Waals surface area (Å²) in [6.07, 6.45) is 3.68. The predicted molar refractivity (Wildman–Crippen MR) is 69.0 cm³/mol. The highest BCUT2D eigenvalue weighted by Gasteiger charge is 2.23. The Morgan fingerprint density at radius 1 is 1.62 bits per heavy atom. The lowest BCUT2D eigenvalue weighted by Crippen LogP contribution is -2.41. The van der Waals surface area contributed by atoms with E-state index in [9.17, 15) is 0 Å². The molecule has 1 aromatic rings. The van der Waals surface area contributed by atoms with Gasteiger partial charge in [0.15, 0.2) is 0 Å². The summed E-state index contributed by atoms with van der Waals surface area (Å²) >= 11 is 1.86. The smallest absolute Gasteiger partial charge is 0.0509 e. The molecule has 0 amide bonds. The third-order valence-corrected chi connectivity index (χ3v) is 4.13. The molecule has 1 saturated heterocycles. The second-order valence-corrected chi connectivity index (χ2v) is 5.46. The van der Waals surface area contributed by atoms with E-state index in [-0.39, 0.29) is 0 Å². The molecule has 2 unspecified atom stereocenters. The number of likely N-dealkylation sites (N-methyl/N-ethyl adjacent to an activating group) is 1. The van der Waals surface area contributed by atoms with Crippen molar-refractivity contribution < 1.29 is 4.74 Å². The molecule has 0 aromatic carbocycles. The van der Waals surface area contributed by atoms with E-state index in [1.54, 1.807) is 0 Å². The summed E-state index contributed by atoms with van der Waals surface area (Å²) in [5, 5.41) is 5.78. The van der Waals surface area contributed by atoms with Gasteiger partial charge in [0.2, 0.25) is 0 Å². The molecule has 0 radical (unpaired) electrons. The highest BCUT2D eigenvalue weighted by Crippen LogP contribution is 2.22. The number of nitrogens with one attached hydrogen (secondary N) is 1. The first-order chi connectivity index (χ1) is 7.90. The van der Waals surface area contributed by atoms with Gasteiger partial charge in [0.25, 0.3) is 0 Å². The average molecular weight is 239 g/mol. The minimum atomic E-state index is 0.587. The first kappa shape index (κ1) is 12.1. The minimum absolute atomic E-state index is 0.587. The molecule has 0 spiro atoms. The Morgan fingerprint density at radius 2 is 2.56 bits per heavy atom. The van der Waals surface area contributed by atoms with Crippen LogP contribution in [0.5, 0.6) is 0 Å². The second-order valence-electron chi connectivity index (χ2n) is 4.42. The zero-order valence-electron chi connectivity index (χ0n) is 9.95. The highest BCUT2D eigenvalue weighted by molar-refractivity contribution is 7.09. The van der Waals surface area contributed by atoms with Gasteiger partial charge >= 0.3 is 0 Å². The molecule has 1 aliphatic heterocycles. The molecule has 2 rings (SSSR count). The van der Waals surface area contributed by atoms with Gasteiger partial charge in [-0.15, -0.1) is 11.3 Å². The van der Waals surface area contributed by atoms with Crippen molar-refractivity contribution in [3.8, 4) is 0 Å². The summed E-state index contributed by atoms with van der Waals surface area (Å²) in [4.78, 5) is 1.48. The van der Waals surface area contributed by atoms with E-state index in [4.69, 9.17) is 4.74 Å². The molecule has 1 aliphatic rings. The van der Waals surface area contributed by atoms with Crippen molar-refractivity contribution in [2.45, 2.75) is 32.2 Å². The Balaban J connectivity index is 1.92. The SMILES string of the molecule is CCNC(Cc1cccs1)C1CCCOC1. The maximum Gasteiger partial charge on any atom is 0.0509 e. The van der Waals surface area contributed by atoms with E-state index in [1.807, 2.05) is 11.3 Å². The molecule has 1 aromatic heterocycles.